The van der Waals surface area contributed by atoms with Crippen LogP contribution in [0.5, 0.6) is 0 Å². The third-order valence-electron chi connectivity index (χ3n) is 3.56. The summed E-state index contributed by atoms with van der Waals surface area (Å²) in [5.41, 5.74) is 1.87. The molecule has 1 amide bonds. The Hall–Kier alpha value is -1.96. The third kappa shape index (κ3) is 2.50. The molecule has 2 aliphatic rings. The van der Waals surface area contributed by atoms with Crippen LogP contribution in [-0.2, 0) is 4.79 Å². The van der Waals surface area contributed by atoms with Crippen LogP contribution in [-0.4, -0.2) is 27.2 Å². The van der Waals surface area contributed by atoms with E-state index in [4.69, 9.17) is 12.2 Å². The van der Waals surface area contributed by atoms with Crippen LogP contribution in [0.2, 0.25) is 0 Å². The van der Waals surface area contributed by atoms with Crippen LogP contribution in [0, 0.1) is 0 Å². The molecule has 3 heterocycles. The number of allylic oxidation sites excluding steroid dienone is 3. The molecule has 1 aromatic carbocycles. The zero-order chi connectivity index (χ0) is 16.0. The maximum atomic E-state index is 12.2. The fraction of sp³-hybridized carbons (Fsp3) is 0.0625. The van der Waals surface area contributed by atoms with Gasteiger partial charge >= 0.3 is 0 Å². The van der Waals surface area contributed by atoms with E-state index in [0.29, 0.717) is 9.23 Å². The van der Waals surface area contributed by atoms with Gasteiger partial charge in [-0.2, -0.15) is 0 Å². The van der Waals surface area contributed by atoms with Gasteiger partial charge in [-0.3, -0.25) is 9.69 Å². The molecule has 4 nitrogen and oxygen atoms in total. The highest BCUT2D eigenvalue weighted by atomic mass is 32.2. The van der Waals surface area contributed by atoms with Gasteiger partial charge < -0.3 is 4.90 Å². The molecule has 1 fully saturated rings. The Kier molecular flexibility index (Phi) is 3.56. The number of hydrogen-bond acceptors (Lipinski definition) is 6. The molecule has 7 heteroatoms. The lowest BCUT2D eigenvalue weighted by molar-refractivity contribution is -0.121. The van der Waals surface area contributed by atoms with E-state index in [1.807, 2.05) is 47.7 Å². The maximum Gasteiger partial charge on any atom is 0.266 e. The minimum absolute atomic E-state index is 0.0438. The van der Waals surface area contributed by atoms with Crippen molar-refractivity contribution in [2.75, 3.05) is 11.9 Å². The second-order valence-corrected chi connectivity index (χ2v) is 7.67. The molecular formula is C16H11N3OS3. The highest BCUT2D eigenvalue weighted by Crippen LogP contribution is 2.35. The molecule has 1 saturated heterocycles. The molecule has 0 saturated carbocycles. The minimum atomic E-state index is -0.0438. The molecule has 0 aliphatic carbocycles. The molecule has 0 atom stereocenters. The zero-order valence-electron chi connectivity index (χ0n) is 12.1. The fourth-order valence-electron chi connectivity index (χ4n) is 2.29. The van der Waals surface area contributed by atoms with E-state index in [1.54, 1.807) is 18.4 Å². The molecule has 2 aliphatic heterocycles. The molecule has 0 N–H and O–H groups in total. The van der Waals surface area contributed by atoms with Crippen LogP contribution in [0.15, 0.2) is 59.3 Å². The summed E-state index contributed by atoms with van der Waals surface area (Å²) in [7, 11) is 1.70. The number of aromatic nitrogens is 1. The number of hydrogen-bond donors (Lipinski definition) is 0. The Labute approximate surface area is 146 Å². The van der Waals surface area contributed by atoms with Crippen molar-refractivity contribution in [3.8, 4) is 0 Å². The Morgan fingerprint density at radius 3 is 2.57 bits per heavy atom. The first-order valence-electron chi connectivity index (χ1n) is 6.88. The van der Waals surface area contributed by atoms with Crippen LogP contribution < -0.4 is 4.90 Å². The molecule has 4 rings (SSSR count). The molecule has 0 bridgehead atoms. The van der Waals surface area contributed by atoms with Crippen molar-refractivity contribution < 1.29 is 4.79 Å². The molecule has 0 spiro atoms. The molecule has 0 unspecified atom stereocenters. The summed E-state index contributed by atoms with van der Waals surface area (Å²) in [6, 6.07) is 8.06. The van der Waals surface area contributed by atoms with E-state index < -0.39 is 0 Å². The van der Waals surface area contributed by atoms with Gasteiger partial charge in [0.05, 0.1) is 15.1 Å². The summed E-state index contributed by atoms with van der Waals surface area (Å²) in [6.45, 7) is 0. The van der Waals surface area contributed by atoms with Crippen molar-refractivity contribution in [2.45, 2.75) is 0 Å². The Bertz CT molecular complexity index is 877. The van der Waals surface area contributed by atoms with Crippen LogP contribution in [0.4, 0.5) is 5.13 Å². The normalized spacial score (nSPS) is 18.0. The molecule has 0 radical (unpaired) electrons. The molecule has 23 heavy (non-hydrogen) atoms. The first-order valence-corrected chi connectivity index (χ1v) is 8.92. The minimum Gasteiger partial charge on any atom is -0.300 e. The van der Waals surface area contributed by atoms with Gasteiger partial charge in [-0.15, -0.1) is 0 Å². The van der Waals surface area contributed by atoms with Crippen LogP contribution in [0.3, 0.4) is 0 Å². The van der Waals surface area contributed by atoms with Crippen LogP contribution in [0.1, 0.15) is 0 Å². The molecule has 2 aromatic rings. The summed E-state index contributed by atoms with van der Waals surface area (Å²) in [5, 5.41) is 0.904. The molecule has 1 aromatic heterocycles. The summed E-state index contributed by atoms with van der Waals surface area (Å²) in [5.74, 6) is -0.0438. The van der Waals surface area contributed by atoms with Gasteiger partial charge in [0.2, 0.25) is 0 Å². The number of nitrogens with zero attached hydrogens (tertiary/aromatic N) is 3. The van der Waals surface area contributed by atoms with Gasteiger partial charge in [0.1, 0.15) is 4.32 Å². The van der Waals surface area contributed by atoms with Gasteiger partial charge in [0, 0.05) is 19.4 Å². The second kappa shape index (κ2) is 5.59. The van der Waals surface area contributed by atoms with Crippen molar-refractivity contribution in [3.05, 3.63) is 59.3 Å². The number of amides is 1. The summed E-state index contributed by atoms with van der Waals surface area (Å²) in [4.78, 5) is 20.9. The quantitative estimate of drug-likeness (QED) is 0.572. The van der Waals surface area contributed by atoms with Gasteiger partial charge in [-0.25, -0.2) is 4.98 Å². The van der Waals surface area contributed by atoms with E-state index in [-0.39, 0.29) is 5.91 Å². The highest BCUT2D eigenvalue weighted by molar-refractivity contribution is 8.26. The van der Waals surface area contributed by atoms with Crippen molar-refractivity contribution in [1.82, 2.24) is 9.88 Å². The fourth-order valence-corrected chi connectivity index (χ4v) is 4.43. The Balaban J connectivity index is 1.64. The van der Waals surface area contributed by atoms with E-state index in [9.17, 15) is 4.79 Å². The average molecular weight is 357 g/mol. The average Bonchev–Trinajstić information content (AvgIpc) is 3.12. The topological polar surface area (TPSA) is 36.4 Å². The van der Waals surface area contributed by atoms with E-state index >= 15 is 0 Å². The van der Waals surface area contributed by atoms with E-state index in [2.05, 4.69) is 11.1 Å². The van der Waals surface area contributed by atoms with E-state index in [0.717, 1.165) is 20.9 Å². The van der Waals surface area contributed by atoms with Crippen molar-refractivity contribution in [1.29, 1.82) is 0 Å². The van der Waals surface area contributed by atoms with Gasteiger partial charge in [-0.1, -0.05) is 47.4 Å². The first kappa shape index (κ1) is 14.6. The lowest BCUT2D eigenvalue weighted by Gasteiger charge is -2.15. The summed E-state index contributed by atoms with van der Waals surface area (Å²) >= 11 is 8.14. The number of benzene rings is 1. The van der Waals surface area contributed by atoms with Crippen molar-refractivity contribution in [3.63, 3.8) is 0 Å². The van der Waals surface area contributed by atoms with Crippen molar-refractivity contribution >= 4 is 60.9 Å². The molecular weight excluding hydrogens is 346 g/mol. The van der Waals surface area contributed by atoms with Gasteiger partial charge in [0.15, 0.2) is 5.13 Å². The van der Waals surface area contributed by atoms with Crippen molar-refractivity contribution in [2.24, 2.45) is 0 Å². The monoisotopic (exact) mass is 357 g/mol. The third-order valence-corrected chi connectivity index (χ3v) is 6.19. The smallest absolute Gasteiger partial charge is 0.266 e. The van der Waals surface area contributed by atoms with Crippen LogP contribution >= 0.6 is 35.3 Å². The number of para-hydroxylation sites is 1. The number of thiazole rings is 1. The summed E-state index contributed by atoms with van der Waals surface area (Å²) in [6.07, 6.45) is 7.70. The van der Waals surface area contributed by atoms with E-state index in [1.165, 1.54) is 16.7 Å². The lowest BCUT2D eigenvalue weighted by Crippen LogP contribution is -2.22. The lowest BCUT2D eigenvalue weighted by atomic mass is 10.2. The Morgan fingerprint density at radius 2 is 1.91 bits per heavy atom. The maximum absolute atomic E-state index is 12.2. The van der Waals surface area contributed by atoms with Crippen LogP contribution in [0.25, 0.3) is 10.2 Å². The highest BCUT2D eigenvalue weighted by Gasteiger charge is 2.30. The number of carbonyl (C=O) groups excluding carboxylic acids is 1. The predicted octanol–water partition coefficient (Wildman–Crippen LogP) is 3.89. The Morgan fingerprint density at radius 1 is 1.17 bits per heavy atom. The standard InChI is InChI=1S/C16H11N3OS3/c1-18-14(20)13(23-16(18)21)10-6-8-19(9-7-10)15-17-11-4-2-3-5-12(11)22-15/h2-9H,1H3. The molecule has 114 valence electrons. The number of rotatable bonds is 1. The number of fused-ring (bicyclic) bond motifs is 1. The second-order valence-electron chi connectivity index (χ2n) is 5.02. The number of thiocarbonyl (C=S) groups is 1. The summed E-state index contributed by atoms with van der Waals surface area (Å²) < 4.78 is 1.75. The largest absolute Gasteiger partial charge is 0.300 e. The number of anilines is 1. The number of thioether (sulfide) groups is 1. The number of likely N-dealkylation sites (N-methyl/N-ethyl adjacent to an activating group) is 1. The first-order chi connectivity index (χ1) is 11.1. The SMILES string of the molecule is CN1C(=O)C(=C2C=CN(c3nc4ccccc4s3)C=C2)SC1=S. The van der Waals surface area contributed by atoms with Gasteiger partial charge in [0.25, 0.3) is 5.91 Å². The zero-order valence-corrected chi connectivity index (χ0v) is 14.5. The number of carbonyl (C=O) groups is 1. The predicted molar refractivity (Wildman–Crippen MR) is 100 cm³/mol. The van der Waals surface area contributed by atoms with Gasteiger partial charge in [-0.05, 0) is 29.9 Å².